The molecule has 0 atom stereocenters. The molecule has 38 heavy (non-hydrogen) atoms. The minimum atomic E-state index is -0.240. The Balaban J connectivity index is 1.44. The number of nitrogens with zero attached hydrogens (tertiary/aromatic N) is 3. The fourth-order valence-corrected chi connectivity index (χ4v) is 4.71. The molecule has 4 aromatic rings. The molecule has 3 aromatic carbocycles. The van der Waals surface area contributed by atoms with Gasteiger partial charge in [0.05, 0.1) is 19.8 Å². The first kappa shape index (κ1) is 26.8. The number of aryl methyl sites for hydroxylation is 1. The second-order valence-electron chi connectivity index (χ2n) is 8.67. The summed E-state index contributed by atoms with van der Waals surface area (Å²) in [7, 11) is 3.07. The number of nitrogens with one attached hydrogen (secondary N) is 1. The van der Waals surface area contributed by atoms with Crippen molar-refractivity contribution in [2.24, 2.45) is 0 Å². The minimum Gasteiger partial charge on any atom is -0.497 e. The number of benzene rings is 3. The molecule has 0 unspecified atom stereocenters. The summed E-state index contributed by atoms with van der Waals surface area (Å²) in [5.41, 5.74) is 3.59. The summed E-state index contributed by atoms with van der Waals surface area (Å²) < 4.78 is 10.7. The molecular formula is C29H30N4O4S. The van der Waals surface area contributed by atoms with Gasteiger partial charge in [0.25, 0.3) is 5.91 Å². The standard InChI is InChI=1S/C29H30N4O4S/c1-20-8-7-11-22(18-20)27-31-32-29(38-27)30-26(34)15-17-33(16-14-21-9-5-4-6-10-21)28(35)24-13-12-23(36-2)19-25(24)37-3/h4-13,18-19H,14-17H2,1-3H3,(H,30,32,34). The van der Waals surface area contributed by atoms with Crippen molar-refractivity contribution < 1.29 is 19.1 Å². The van der Waals surface area contributed by atoms with Gasteiger partial charge in [-0.2, -0.15) is 0 Å². The van der Waals surface area contributed by atoms with E-state index in [1.807, 2.05) is 61.5 Å². The molecule has 0 aliphatic carbocycles. The Hall–Kier alpha value is -4.24. The van der Waals surface area contributed by atoms with Gasteiger partial charge in [0.15, 0.2) is 0 Å². The van der Waals surface area contributed by atoms with Crippen molar-refractivity contribution in [1.29, 1.82) is 0 Å². The van der Waals surface area contributed by atoms with Gasteiger partial charge in [-0.25, -0.2) is 0 Å². The van der Waals surface area contributed by atoms with E-state index in [2.05, 4.69) is 15.5 Å². The van der Waals surface area contributed by atoms with Crippen LogP contribution in [0.1, 0.15) is 27.9 Å². The van der Waals surface area contributed by atoms with Crippen molar-refractivity contribution in [3.63, 3.8) is 0 Å². The van der Waals surface area contributed by atoms with Crippen LogP contribution in [0.5, 0.6) is 11.5 Å². The first-order valence-electron chi connectivity index (χ1n) is 12.2. The molecule has 1 heterocycles. The molecule has 0 aliphatic rings. The van der Waals surface area contributed by atoms with Crippen LogP contribution in [0.15, 0.2) is 72.8 Å². The number of anilines is 1. The molecule has 0 bridgehead atoms. The summed E-state index contributed by atoms with van der Waals surface area (Å²) in [6, 6.07) is 23.0. The van der Waals surface area contributed by atoms with E-state index in [0.717, 1.165) is 21.7 Å². The van der Waals surface area contributed by atoms with E-state index in [1.54, 1.807) is 30.2 Å². The van der Waals surface area contributed by atoms with Gasteiger partial charge in [-0.1, -0.05) is 65.4 Å². The zero-order valence-corrected chi connectivity index (χ0v) is 22.5. The second kappa shape index (κ2) is 12.8. The topological polar surface area (TPSA) is 93.7 Å². The van der Waals surface area contributed by atoms with Crippen LogP contribution in [-0.4, -0.2) is 54.2 Å². The number of rotatable bonds is 11. The van der Waals surface area contributed by atoms with E-state index in [4.69, 9.17) is 9.47 Å². The lowest BCUT2D eigenvalue weighted by Crippen LogP contribution is -2.35. The highest BCUT2D eigenvalue weighted by Gasteiger charge is 2.21. The third-order valence-corrected chi connectivity index (χ3v) is 6.87. The fraction of sp³-hybridized carbons (Fsp3) is 0.241. The number of ether oxygens (including phenoxy) is 2. The van der Waals surface area contributed by atoms with Crippen molar-refractivity contribution in [3.05, 3.63) is 89.5 Å². The number of hydrogen-bond donors (Lipinski definition) is 1. The molecule has 0 fully saturated rings. The van der Waals surface area contributed by atoms with Crippen molar-refractivity contribution in [3.8, 4) is 22.1 Å². The highest BCUT2D eigenvalue weighted by Crippen LogP contribution is 2.28. The molecule has 0 saturated carbocycles. The largest absolute Gasteiger partial charge is 0.497 e. The van der Waals surface area contributed by atoms with E-state index in [9.17, 15) is 9.59 Å². The van der Waals surface area contributed by atoms with Gasteiger partial charge >= 0.3 is 0 Å². The number of carbonyl (C=O) groups excluding carboxylic acids is 2. The van der Waals surface area contributed by atoms with Crippen LogP contribution in [0.3, 0.4) is 0 Å². The lowest BCUT2D eigenvalue weighted by Gasteiger charge is -2.24. The molecule has 4 rings (SSSR count). The van der Waals surface area contributed by atoms with Crippen LogP contribution >= 0.6 is 11.3 Å². The third kappa shape index (κ3) is 6.95. The van der Waals surface area contributed by atoms with E-state index < -0.39 is 0 Å². The fourth-order valence-electron chi connectivity index (χ4n) is 3.96. The number of amides is 2. The quantitative estimate of drug-likeness (QED) is 0.285. The zero-order chi connectivity index (χ0) is 26.9. The predicted octanol–water partition coefficient (Wildman–Crippen LogP) is 5.24. The normalized spacial score (nSPS) is 10.6. The summed E-state index contributed by atoms with van der Waals surface area (Å²) in [6.07, 6.45) is 0.765. The van der Waals surface area contributed by atoms with E-state index >= 15 is 0 Å². The monoisotopic (exact) mass is 530 g/mol. The van der Waals surface area contributed by atoms with Crippen LogP contribution in [-0.2, 0) is 11.2 Å². The van der Waals surface area contributed by atoms with Crippen molar-refractivity contribution in [1.82, 2.24) is 15.1 Å². The highest BCUT2D eigenvalue weighted by molar-refractivity contribution is 7.18. The summed E-state index contributed by atoms with van der Waals surface area (Å²) >= 11 is 1.31. The first-order chi connectivity index (χ1) is 18.5. The predicted molar refractivity (Wildman–Crippen MR) is 149 cm³/mol. The Morgan fingerprint density at radius 2 is 1.74 bits per heavy atom. The van der Waals surface area contributed by atoms with Gasteiger partial charge in [-0.05, 0) is 37.1 Å². The van der Waals surface area contributed by atoms with Crippen LogP contribution in [0.25, 0.3) is 10.6 Å². The molecule has 1 aromatic heterocycles. The maximum Gasteiger partial charge on any atom is 0.257 e. The number of hydrogen-bond acceptors (Lipinski definition) is 7. The number of aromatic nitrogens is 2. The molecule has 2 amide bonds. The van der Waals surface area contributed by atoms with E-state index in [1.165, 1.54) is 18.4 Å². The minimum absolute atomic E-state index is 0.109. The summed E-state index contributed by atoms with van der Waals surface area (Å²) in [5, 5.41) is 12.3. The van der Waals surface area contributed by atoms with E-state index in [-0.39, 0.29) is 24.8 Å². The van der Waals surface area contributed by atoms with Crippen LogP contribution < -0.4 is 14.8 Å². The molecule has 8 nitrogen and oxygen atoms in total. The van der Waals surface area contributed by atoms with Crippen molar-refractivity contribution in [2.45, 2.75) is 19.8 Å². The summed E-state index contributed by atoms with van der Waals surface area (Å²) in [5.74, 6) is 0.554. The van der Waals surface area contributed by atoms with Gasteiger partial charge in [0, 0.05) is 31.1 Å². The average Bonchev–Trinajstić information content (AvgIpc) is 3.41. The smallest absolute Gasteiger partial charge is 0.257 e. The lowest BCUT2D eigenvalue weighted by molar-refractivity contribution is -0.116. The van der Waals surface area contributed by atoms with Crippen molar-refractivity contribution in [2.75, 3.05) is 32.6 Å². The van der Waals surface area contributed by atoms with E-state index in [0.29, 0.717) is 35.2 Å². The molecule has 0 radical (unpaired) electrons. The van der Waals surface area contributed by atoms with Gasteiger partial charge in [0.1, 0.15) is 16.5 Å². The van der Waals surface area contributed by atoms with Gasteiger partial charge in [-0.15, -0.1) is 10.2 Å². The van der Waals surface area contributed by atoms with Gasteiger partial charge < -0.3 is 19.7 Å². The van der Waals surface area contributed by atoms with Gasteiger partial charge in [-0.3, -0.25) is 9.59 Å². The Kier molecular flexibility index (Phi) is 9.05. The second-order valence-corrected chi connectivity index (χ2v) is 9.65. The molecule has 0 saturated heterocycles. The Bertz CT molecular complexity index is 1390. The average molecular weight is 531 g/mol. The molecule has 9 heteroatoms. The van der Waals surface area contributed by atoms with Crippen LogP contribution in [0, 0.1) is 6.92 Å². The zero-order valence-electron chi connectivity index (χ0n) is 21.6. The third-order valence-electron chi connectivity index (χ3n) is 5.98. The van der Waals surface area contributed by atoms with Gasteiger partial charge in [0.2, 0.25) is 11.0 Å². The Morgan fingerprint density at radius 1 is 0.921 bits per heavy atom. The summed E-state index contributed by atoms with van der Waals surface area (Å²) in [6.45, 7) is 2.69. The molecule has 0 spiro atoms. The molecule has 0 aliphatic heterocycles. The summed E-state index contributed by atoms with van der Waals surface area (Å²) in [4.78, 5) is 28.0. The first-order valence-corrected chi connectivity index (χ1v) is 13.0. The Morgan fingerprint density at radius 3 is 2.47 bits per heavy atom. The molecule has 1 N–H and O–H groups in total. The Labute approximate surface area is 226 Å². The maximum atomic E-state index is 13.6. The SMILES string of the molecule is COc1ccc(C(=O)N(CCC(=O)Nc2nnc(-c3cccc(C)c3)s2)CCc2ccccc2)c(OC)c1. The number of methoxy groups -OCH3 is 2. The molecule has 196 valence electrons. The molecular weight excluding hydrogens is 500 g/mol. The lowest BCUT2D eigenvalue weighted by atomic mass is 10.1. The van der Waals surface area contributed by atoms with Crippen LogP contribution in [0.4, 0.5) is 5.13 Å². The number of carbonyl (C=O) groups is 2. The van der Waals surface area contributed by atoms with Crippen molar-refractivity contribution >= 4 is 28.3 Å². The highest BCUT2D eigenvalue weighted by atomic mass is 32.1. The van der Waals surface area contributed by atoms with Crippen LogP contribution in [0.2, 0.25) is 0 Å². The maximum absolute atomic E-state index is 13.6.